The van der Waals surface area contributed by atoms with Gasteiger partial charge in [0, 0.05) is 36.2 Å². The molecule has 0 saturated carbocycles. The molecule has 0 aliphatic heterocycles. The minimum atomic E-state index is -0.0678. The average Bonchev–Trinajstić information content (AvgIpc) is 3.11. The van der Waals surface area contributed by atoms with Crippen molar-refractivity contribution in [2.75, 3.05) is 25.2 Å². The summed E-state index contributed by atoms with van der Waals surface area (Å²) in [5.74, 6) is 0.0151. The third-order valence-corrected chi connectivity index (χ3v) is 5.24. The fraction of sp³-hybridized carbons (Fsp3) is 0.562. The molecule has 124 valence electrons. The summed E-state index contributed by atoms with van der Waals surface area (Å²) in [7, 11) is 3.61. The van der Waals surface area contributed by atoms with Crippen molar-refractivity contribution in [3.8, 4) is 11.3 Å². The maximum atomic E-state index is 12.5. The summed E-state index contributed by atoms with van der Waals surface area (Å²) in [6.07, 6.45) is 3.80. The highest BCUT2D eigenvalue weighted by Crippen LogP contribution is 2.39. The van der Waals surface area contributed by atoms with Crippen LogP contribution in [0.25, 0.3) is 11.3 Å². The Kier molecular flexibility index (Phi) is 4.50. The molecular formula is C16H22N4O2S. The Morgan fingerprint density at radius 3 is 2.96 bits per heavy atom. The number of aromatic nitrogens is 3. The molecule has 0 fully saturated rings. The van der Waals surface area contributed by atoms with Crippen LogP contribution in [0, 0.1) is 5.92 Å². The van der Waals surface area contributed by atoms with Gasteiger partial charge in [0.2, 0.25) is 5.91 Å². The number of aryl methyl sites for hydroxylation is 2. The summed E-state index contributed by atoms with van der Waals surface area (Å²) in [6.45, 7) is 4.85. The van der Waals surface area contributed by atoms with Gasteiger partial charge in [0.15, 0.2) is 5.13 Å². The smallest absolute Gasteiger partial charge is 0.231 e. The summed E-state index contributed by atoms with van der Waals surface area (Å²) in [5.41, 5.74) is 3.30. The van der Waals surface area contributed by atoms with Crippen molar-refractivity contribution in [3.05, 3.63) is 16.8 Å². The zero-order valence-corrected chi connectivity index (χ0v) is 14.8. The van der Waals surface area contributed by atoms with E-state index in [1.54, 1.807) is 23.3 Å². The van der Waals surface area contributed by atoms with Crippen LogP contribution < -0.4 is 4.90 Å². The zero-order chi connectivity index (χ0) is 16.6. The lowest BCUT2D eigenvalue weighted by atomic mass is 10.0. The molecule has 6 nitrogen and oxygen atoms in total. The molecule has 0 atom stereocenters. The number of fused-ring (bicyclic) bond motifs is 3. The van der Waals surface area contributed by atoms with E-state index in [0.717, 1.165) is 29.2 Å². The van der Waals surface area contributed by atoms with Crippen LogP contribution in [-0.4, -0.2) is 40.9 Å². The highest BCUT2D eigenvalue weighted by atomic mass is 32.1. The Morgan fingerprint density at radius 2 is 2.26 bits per heavy atom. The second-order valence-electron chi connectivity index (χ2n) is 6.03. The largest absolute Gasteiger partial charge is 0.383 e. The van der Waals surface area contributed by atoms with E-state index in [1.165, 1.54) is 10.6 Å². The number of carbonyl (C=O) groups is 1. The highest BCUT2D eigenvalue weighted by molar-refractivity contribution is 7.16. The number of hydrogen-bond donors (Lipinski definition) is 0. The van der Waals surface area contributed by atoms with Gasteiger partial charge in [-0.3, -0.25) is 14.4 Å². The molecule has 0 spiro atoms. The first-order valence-electron chi connectivity index (χ1n) is 7.84. The quantitative estimate of drug-likeness (QED) is 0.842. The van der Waals surface area contributed by atoms with Gasteiger partial charge in [-0.2, -0.15) is 5.10 Å². The van der Waals surface area contributed by atoms with Gasteiger partial charge < -0.3 is 4.74 Å². The molecule has 1 amide bonds. The number of methoxy groups -OCH3 is 1. The van der Waals surface area contributed by atoms with Crippen molar-refractivity contribution >= 4 is 22.4 Å². The number of anilines is 1. The van der Waals surface area contributed by atoms with Gasteiger partial charge >= 0.3 is 0 Å². The van der Waals surface area contributed by atoms with Crippen LogP contribution in [0.4, 0.5) is 5.13 Å². The lowest BCUT2D eigenvalue weighted by Crippen LogP contribution is -2.36. The molecule has 23 heavy (non-hydrogen) atoms. The number of nitrogens with zero attached hydrogens (tertiary/aromatic N) is 4. The summed E-state index contributed by atoms with van der Waals surface area (Å²) in [6, 6.07) is 0. The van der Waals surface area contributed by atoms with E-state index in [9.17, 15) is 4.79 Å². The molecule has 7 heteroatoms. The van der Waals surface area contributed by atoms with Crippen molar-refractivity contribution in [3.63, 3.8) is 0 Å². The van der Waals surface area contributed by atoms with Crippen LogP contribution in [0.3, 0.4) is 0 Å². The number of amides is 1. The molecule has 1 aliphatic carbocycles. The number of thiazole rings is 1. The molecule has 0 aromatic carbocycles. The predicted octanol–water partition coefficient (Wildman–Crippen LogP) is 2.28. The number of hydrogen-bond acceptors (Lipinski definition) is 5. The Labute approximate surface area is 140 Å². The van der Waals surface area contributed by atoms with Gasteiger partial charge in [0.25, 0.3) is 0 Å². The second-order valence-corrected chi connectivity index (χ2v) is 7.10. The van der Waals surface area contributed by atoms with Crippen LogP contribution in [0.15, 0.2) is 6.20 Å². The normalized spacial score (nSPS) is 13.1. The number of ether oxygens (including phenoxy) is 1. The maximum absolute atomic E-state index is 12.5. The molecule has 2 aromatic heterocycles. The van der Waals surface area contributed by atoms with Gasteiger partial charge in [-0.25, -0.2) is 4.98 Å². The van der Waals surface area contributed by atoms with E-state index in [0.29, 0.717) is 13.2 Å². The maximum Gasteiger partial charge on any atom is 0.231 e. The first-order chi connectivity index (χ1) is 11.0. The van der Waals surface area contributed by atoms with Gasteiger partial charge in [-0.05, 0) is 12.8 Å². The molecule has 3 rings (SSSR count). The Hall–Kier alpha value is -1.73. The van der Waals surface area contributed by atoms with E-state index >= 15 is 0 Å². The molecule has 0 saturated heterocycles. The Balaban J connectivity index is 1.97. The summed E-state index contributed by atoms with van der Waals surface area (Å²) in [4.78, 5) is 20.3. The fourth-order valence-corrected chi connectivity index (χ4v) is 3.92. The van der Waals surface area contributed by atoms with E-state index in [1.807, 2.05) is 31.8 Å². The molecule has 0 radical (unpaired) electrons. The molecule has 2 aromatic rings. The molecule has 1 aliphatic rings. The average molecular weight is 334 g/mol. The minimum absolute atomic E-state index is 0.0678. The van der Waals surface area contributed by atoms with E-state index < -0.39 is 0 Å². The lowest BCUT2D eigenvalue weighted by Gasteiger charge is -2.21. The molecule has 2 heterocycles. The Morgan fingerprint density at radius 1 is 1.48 bits per heavy atom. The van der Waals surface area contributed by atoms with Crippen LogP contribution in [-0.2, 0) is 29.4 Å². The van der Waals surface area contributed by atoms with Crippen molar-refractivity contribution in [2.45, 2.75) is 26.7 Å². The van der Waals surface area contributed by atoms with Crippen molar-refractivity contribution in [1.29, 1.82) is 0 Å². The van der Waals surface area contributed by atoms with Crippen LogP contribution in [0.2, 0.25) is 0 Å². The van der Waals surface area contributed by atoms with Gasteiger partial charge in [-0.1, -0.05) is 13.8 Å². The van der Waals surface area contributed by atoms with Gasteiger partial charge in [0.05, 0.1) is 25.0 Å². The number of rotatable bonds is 5. The lowest BCUT2D eigenvalue weighted by molar-refractivity contribution is -0.121. The van der Waals surface area contributed by atoms with Crippen LogP contribution in [0.5, 0.6) is 0 Å². The predicted molar refractivity (Wildman–Crippen MR) is 90.8 cm³/mol. The first-order valence-corrected chi connectivity index (χ1v) is 8.65. The SMILES string of the molecule is COCCN(C(=O)C(C)C)c1nc2c(s1)CCc1c-2cnn1C. The third-order valence-electron chi connectivity index (χ3n) is 4.10. The van der Waals surface area contributed by atoms with Crippen LogP contribution in [0.1, 0.15) is 24.4 Å². The highest BCUT2D eigenvalue weighted by Gasteiger charge is 2.28. The van der Waals surface area contributed by atoms with Crippen molar-refractivity contribution in [1.82, 2.24) is 14.8 Å². The third kappa shape index (κ3) is 2.90. The molecular weight excluding hydrogens is 312 g/mol. The topological polar surface area (TPSA) is 60.2 Å². The minimum Gasteiger partial charge on any atom is -0.383 e. The van der Waals surface area contributed by atoms with Crippen molar-refractivity contribution in [2.24, 2.45) is 13.0 Å². The molecule has 0 bridgehead atoms. The molecule has 0 N–H and O–H groups in total. The van der Waals surface area contributed by atoms with Gasteiger partial charge in [-0.15, -0.1) is 11.3 Å². The fourth-order valence-electron chi connectivity index (χ4n) is 2.82. The Bertz CT molecular complexity index is 720. The zero-order valence-electron chi connectivity index (χ0n) is 14.0. The van der Waals surface area contributed by atoms with E-state index in [2.05, 4.69) is 5.10 Å². The summed E-state index contributed by atoms with van der Waals surface area (Å²) >= 11 is 1.61. The second kappa shape index (κ2) is 6.41. The summed E-state index contributed by atoms with van der Waals surface area (Å²) in [5, 5.41) is 5.11. The van der Waals surface area contributed by atoms with Crippen molar-refractivity contribution < 1.29 is 9.53 Å². The number of carbonyl (C=O) groups excluding carboxylic acids is 1. The van der Waals surface area contributed by atoms with E-state index in [4.69, 9.17) is 9.72 Å². The van der Waals surface area contributed by atoms with Crippen LogP contribution >= 0.6 is 11.3 Å². The molecule has 0 unspecified atom stereocenters. The first kappa shape index (κ1) is 16.1. The van der Waals surface area contributed by atoms with Gasteiger partial charge in [0.1, 0.15) is 0 Å². The van der Waals surface area contributed by atoms with E-state index in [-0.39, 0.29) is 11.8 Å². The summed E-state index contributed by atoms with van der Waals surface area (Å²) < 4.78 is 7.07. The monoisotopic (exact) mass is 334 g/mol. The standard InChI is InChI=1S/C16H22N4O2S/c1-10(2)15(21)20(7-8-22-4)16-18-14-11-9-17-19(3)12(11)5-6-13(14)23-16/h9-10H,5-8H2,1-4H3.